The van der Waals surface area contributed by atoms with Crippen LogP contribution in [0.15, 0.2) is 36.9 Å². The van der Waals surface area contributed by atoms with E-state index in [4.69, 9.17) is 10.5 Å². The molecule has 0 atom stereocenters. The van der Waals surface area contributed by atoms with Crippen molar-refractivity contribution < 1.29 is 9.53 Å². The van der Waals surface area contributed by atoms with Gasteiger partial charge in [-0.1, -0.05) is 6.08 Å². The Morgan fingerprint density at radius 2 is 2.12 bits per heavy atom. The maximum absolute atomic E-state index is 11.7. The molecule has 0 fully saturated rings. The van der Waals surface area contributed by atoms with Crippen LogP contribution in [0.3, 0.4) is 0 Å². The topological polar surface area (TPSA) is 55.6 Å². The minimum absolute atomic E-state index is 0.0333. The van der Waals surface area contributed by atoms with Crippen molar-refractivity contribution in [3.63, 3.8) is 0 Å². The number of amides is 1. The Morgan fingerprint density at radius 1 is 1.47 bits per heavy atom. The number of nitrogens with zero attached hydrogens (tertiary/aromatic N) is 1. The summed E-state index contributed by atoms with van der Waals surface area (Å²) in [5, 5.41) is 0. The van der Waals surface area contributed by atoms with E-state index in [2.05, 4.69) is 6.58 Å². The van der Waals surface area contributed by atoms with Crippen LogP contribution in [0.4, 0.5) is 5.69 Å². The number of likely N-dealkylation sites (N-methyl/N-ethyl adjacent to an activating group) is 1. The molecule has 0 aliphatic rings. The highest BCUT2D eigenvalue weighted by Crippen LogP contribution is 2.12. The van der Waals surface area contributed by atoms with Gasteiger partial charge in [-0.2, -0.15) is 0 Å². The molecule has 0 unspecified atom stereocenters. The number of nitrogens with two attached hydrogens (primary N) is 1. The third-order valence-corrected chi connectivity index (χ3v) is 2.33. The molecule has 0 saturated heterocycles. The van der Waals surface area contributed by atoms with E-state index in [1.165, 1.54) is 0 Å². The molecule has 1 amide bonds. The Hall–Kier alpha value is -1.97. The van der Waals surface area contributed by atoms with E-state index in [-0.39, 0.29) is 12.5 Å². The van der Waals surface area contributed by atoms with E-state index in [0.717, 1.165) is 0 Å². The van der Waals surface area contributed by atoms with E-state index in [1.54, 1.807) is 35.2 Å². The van der Waals surface area contributed by atoms with Crippen molar-refractivity contribution in [1.29, 1.82) is 0 Å². The predicted molar refractivity (Wildman–Crippen MR) is 68.8 cm³/mol. The van der Waals surface area contributed by atoms with Crippen LogP contribution in [0.2, 0.25) is 0 Å². The fourth-order valence-electron chi connectivity index (χ4n) is 1.36. The summed E-state index contributed by atoms with van der Waals surface area (Å²) in [6, 6.07) is 6.96. The first-order chi connectivity index (χ1) is 8.17. The molecule has 92 valence electrons. The fourth-order valence-corrected chi connectivity index (χ4v) is 1.36. The van der Waals surface area contributed by atoms with Crippen LogP contribution in [0, 0.1) is 0 Å². The standard InChI is InChI=1S/C13H18N2O2/c1-3-9-15(4-2)13(16)10-17-12-7-5-11(14)6-8-12/h3,5-8H,1,4,9-10,14H2,2H3. The van der Waals surface area contributed by atoms with E-state index >= 15 is 0 Å². The smallest absolute Gasteiger partial charge is 0.260 e. The molecule has 0 aliphatic carbocycles. The Labute approximate surface area is 102 Å². The van der Waals surface area contributed by atoms with Gasteiger partial charge < -0.3 is 15.4 Å². The third kappa shape index (κ3) is 4.18. The van der Waals surface area contributed by atoms with Gasteiger partial charge in [0.15, 0.2) is 6.61 Å². The summed E-state index contributed by atoms with van der Waals surface area (Å²) < 4.78 is 5.37. The second-order valence-electron chi connectivity index (χ2n) is 3.58. The summed E-state index contributed by atoms with van der Waals surface area (Å²) >= 11 is 0. The number of ether oxygens (including phenoxy) is 1. The van der Waals surface area contributed by atoms with Crippen molar-refractivity contribution in [2.24, 2.45) is 0 Å². The highest BCUT2D eigenvalue weighted by atomic mass is 16.5. The van der Waals surface area contributed by atoms with Crippen LogP contribution < -0.4 is 10.5 Å². The molecule has 17 heavy (non-hydrogen) atoms. The van der Waals surface area contributed by atoms with Gasteiger partial charge in [0.1, 0.15) is 5.75 Å². The van der Waals surface area contributed by atoms with Crippen LogP contribution in [-0.2, 0) is 4.79 Å². The summed E-state index contributed by atoms with van der Waals surface area (Å²) in [7, 11) is 0. The Morgan fingerprint density at radius 3 is 2.65 bits per heavy atom. The van der Waals surface area contributed by atoms with Crippen molar-refractivity contribution in [3.8, 4) is 5.75 Å². The van der Waals surface area contributed by atoms with Gasteiger partial charge in [-0.3, -0.25) is 4.79 Å². The number of hydrogen-bond donors (Lipinski definition) is 1. The maximum atomic E-state index is 11.7. The second kappa shape index (κ2) is 6.58. The van der Waals surface area contributed by atoms with Gasteiger partial charge in [-0.15, -0.1) is 6.58 Å². The molecule has 4 heteroatoms. The molecular formula is C13H18N2O2. The quantitative estimate of drug-likeness (QED) is 0.602. The van der Waals surface area contributed by atoms with Gasteiger partial charge in [0.05, 0.1) is 0 Å². The molecule has 1 aromatic rings. The first kappa shape index (κ1) is 13.1. The highest BCUT2D eigenvalue weighted by Gasteiger charge is 2.10. The lowest BCUT2D eigenvalue weighted by atomic mass is 10.3. The normalized spacial score (nSPS) is 9.71. The first-order valence-electron chi connectivity index (χ1n) is 5.54. The van der Waals surface area contributed by atoms with Gasteiger partial charge in [0.2, 0.25) is 0 Å². The summed E-state index contributed by atoms with van der Waals surface area (Å²) in [4.78, 5) is 13.4. The molecule has 4 nitrogen and oxygen atoms in total. The lowest BCUT2D eigenvalue weighted by molar-refractivity contribution is -0.132. The van der Waals surface area contributed by atoms with Crippen molar-refractivity contribution in [1.82, 2.24) is 4.90 Å². The molecule has 0 aromatic heterocycles. The molecule has 0 spiro atoms. The van der Waals surface area contributed by atoms with Crippen LogP contribution in [0.5, 0.6) is 5.75 Å². The van der Waals surface area contributed by atoms with E-state index in [0.29, 0.717) is 24.5 Å². The minimum atomic E-state index is -0.0516. The zero-order chi connectivity index (χ0) is 12.7. The number of anilines is 1. The maximum Gasteiger partial charge on any atom is 0.260 e. The van der Waals surface area contributed by atoms with Crippen molar-refractivity contribution in [3.05, 3.63) is 36.9 Å². The fraction of sp³-hybridized carbons (Fsp3) is 0.308. The second-order valence-corrected chi connectivity index (χ2v) is 3.58. The Balaban J connectivity index is 2.46. The number of rotatable bonds is 6. The van der Waals surface area contributed by atoms with Gasteiger partial charge >= 0.3 is 0 Å². The zero-order valence-electron chi connectivity index (χ0n) is 10.1. The molecule has 1 rings (SSSR count). The third-order valence-electron chi connectivity index (χ3n) is 2.33. The monoisotopic (exact) mass is 234 g/mol. The van der Waals surface area contributed by atoms with Crippen molar-refractivity contribution in [2.75, 3.05) is 25.4 Å². The summed E-state index contributed by atoms with van der Waals surface area (Å²) in [5.41, 5.74) is 6.22. The summed E-state index contributed by atoms with van der Waals surface area (Å²) in [6.45, 7) is 6.76. The molecule has 0 radical (unpaired) electrons. The predicted octanol–water partition coefficient (Wildman–Crippen LogP) is 1.68. The summed E-state index contributed by atoms with van der Waals surface area (Å²) in [5.74, 6) is 0.589. The van der Waals surface area contributed by atoms with E-state index in [1.807, 2.05) is 6.92 Å². The van der Waals surface area contributed by atoms with Gasteiger partial charge in [0, 0.05) is 18.8 Å². The Bertz CT molecular complexity index is 374. The lowest BCUT2D eigenvalue weighted by Gasteiger charge is -2.18. The van der Waals surface area contributed by atoms with Gasteiger partial charge in [-0.25, -0.2) is 0 Å². The molecule has 2 N–H and O–H groups in total. The average Bonchev–Trinajstić information content (AvgIpc) is 2.35. The zero-order valence-corrected chi connectivity index (χ0v) is 10.1. The molecule has 0 bridgehead atoms. The van der Waals surface area contributed by atoms with Crippen molar-refractivity contribution >= 4 is 11.6 Å². The molecule has 0 aliphatic heterocycles. The van der Waals surface area contributed by atoms with Gasteiger partial charge in [0.25, 0.3) is 5.91 Å². The van der Waals surface area contributed by atoms with Crippen LogP contribution in [0.1, 0.15) is 6.92 Å². The minimum Gasteiger partial charge on any atom is -0.484 e. The molecule has 0 heterocycles. The van der Waals surface area contributed by atoms with Gasteiger partial charge in [-0.05, 0) is 31.2 Å². The number of nitrogen functional groups attached to an aromatic ring is 1. The number of hydrogen-bond acceptors (Lipinski definition) is 3. The van der Waals surface area contributed by atoms with E-state index in [9.17, 15) is 4.79 Å². The SMILES string of the molecule is C=CCN(CC)C(=O)COc1ccc(N)cc1. The number of benzene rings is 1. The largest absolute Gasteiger partial charge is 0.484 e. The van der Waals surface area contributed by atoms with Crippen molar-refractivity contribution in [2.45, 2.75) is 6.92 Å². The van der Waals surface area contributed by atoms with E-state index < -0.39 is 0 Å². The molecular weight excluding hydrogens is 216 g/mol. The first-order valence-corrected chi connectivity index (χ1v) is 5.54. The summed E-state index contributed by atoms with van der Waals surface area (Å²) in [6.07, 6.45) is 1.70. The van der Waals surface area contributed by atoms with Crippen LogP contribution in [0.25, 0.3) is 0 Å². The molecule has 0 saturated carbocycles. The Kier molecular flexibility index (Phi) is 5.07. The highest BCUT2D eigenvalue weighted by molar-refractivity contribution is 5.77. The average molecular weight is 234 g/mol. The van der Waals surface area contributed by atoms with Crippen LogP contribution in [-0.4, -0.2) is 30.5 Å². The van der Waals surface area contributed by atoms with Crippen LogP contribution >= 0.6 is 0 Å². The lowest BCUT2D eigenvalue weighted by Crippen LogP contribution is -2.34. The number of carbonyl (C=O) groups excluding carboxylic acids is 1. The molecule has 1 aromatic carbocycles. The number of carbonyl (C=O) groups is 1.